The number of aliphatic hydroxyl groups excluding tert-OH is 1. The highest BCUT2D eigenvalue weighted by atomic mass is 16.5. The Kier molecular flexibility index (Phi) is 3.67. The van der Waals surface area contributed by atoms with Gasteiger partial charge in [-0.25, -0.2) is 4.98 Å². The number of nitrogens with zero attached hydrogens (tertiary/aromatic N) is 2. The molecule has 0 aliphatic rings. The Labute approximate surface area is 107 Å². The molecule has 0 spiro atoms. The molecule has 18 heavy (non-hydrogen) atoms. The third-order valence-electron chi connectivity index (χ3n) is 3.21. The second-order valence-corrected chi connectivity index (χ2v) is 4.36. The van der Waals surface area contributed by atoms with Gasteiger partial charge in [0.05, 0.1) is 19.8 Å². The maximum atomic E-state index is 9.23. The third kappa shape index (κ3) is 2.24. The summed E-state index contributed by atoms with van der Waals surface area (Å²) >= 11 is 0. The lowest BCUT2D eigenvalue weighted by Crippen LogP contribution is -2.32. The number of hydrogen-bond acceptors (Lipinski definition) is 4. The Hall–Kier alpha value is -1.81. The monoisotopic (exact) mass is 246 g/mol. The summed E-state index contributed by atoms with van der Waals surface area (Å²) in [5.74, 6) is 1.70. The zero-order chi connectivity index (χ0) is 13.1. The number of rotatable bonds is 4. The number of ether oxygens (including phenoxy) is 1. The van der Waals surface area contributed by atoms with Crippen LogP contribution in [0.4, 0.5) is 5.82 Å². The SMILES string of the molecule is COc1ccc2c(N(C)C(C)CO)nccc2c1. The van der Waals surface area contributed by atoms with E-state index in [0.29, 0.717) is 0 Å². The molecular formula is C14H18N2O2. The molecule has 0 aliphatic heterocycles. The predicted molar refractivity (Wildman–Crippen MR) is 73.2 cm³/mol. The Morgan fingerprint density at radius 3 is 2.83 bits per heavy atom. The van der Waals surface area contributed by atoms with Gasteiger partial charge in [-0.05, 0) is 36.6 Å². The first-order valence-corrected chi connectivity index (χ1v) is 5.94. The fraction of sp³-hybridized carbons (Fsp3) is 0.357. The Bertz CT molecular complexity index is 542. The zero-order valence-electron chi connectivity index (χ0n) is 10.9. The molecule has 4 heteroatoms. The molecule has 0 radical (unpaired) electrons. The van der Waals surface area contributed by atoms with E-state index in [-0.39, 0.29) is 12.6 Å². The van der Waals surface area contributed by atoms with Crippen molar-refractivity contribution in [3.63, 3.8) is 0 Å². The third-order valence-corrected chi connectivity index (χ3v) is 3.21. The van der Waals surface area contributed by atoms with Crippen molar-refractivity contribution in [3.05, 3.63) is 30.5 Å². The van der Waals surface area contributed by atoms with Crippen LogP contribution in [0.5, 0.6) is 5.75 Å². The van der Waals surface area contributed by atoms with Crippen molar-refractivity contribution in [1.82, 2.24) is 4.98 Å². The molecule has 2 aromatic rings. The maximum Gasteiger partial charge on any atom is 0.136 e. The molecule has 1 unspecified atom stereocenters. The van der Waals surface area contributed by atoms with Crippen LogP contribution in [0.3, 0.4) is 0 Å². The molecule has 0 aliphatic carbocycles. The van der Waals surface area contributed by atoms with Crippen molar-refractivity contribution < 1.29 is 9.84 Å². The number of pyridine rings is 1. The Balaban J connectivity index is 2.51. The van der Waals surface area contributed by atoms with Crippen LogP contribution in [0.25, 0.3) is 10.8 Å². The van der Waals surface area contributed by atoms with Crippen molar-refractivity contribution in [2.45, 2.75) is 13.0 Å². The first-order valence-electron chi connectivity index (χ1n) is 5.94. The lowest BCUT2D eigenvalue weighted by Gasteiger charge is -2.25. The van der Waals surface area contributed by atoms with Gasteiger partial charge in [0.25, 0.3) is 0 Å². The highest BCUT2D eigenvalue weighted by Gasteiger charge is 2.13. The lowest BCUT2D eigenvalue weighted by atomic mass is 10.1. The maximum absolute atomic E-state index is 9.23. The highest BCUT2D eigenvalue weighted by molar-refractivity contribution is 5.93. The van der Waals surface area contributed by atoms with Crippen LogP contribution in [0.15, 0.2) is 30.5 Å². The van der Waals surface area contributed by atoms with E-state index in [0.717, 1.165) is 22.3 Å². The molecule has 0 bridgehead atoms. The van der Waals surface area contributed by atoms with E-state index in [1.54, 1.807) is 13.3 Å². The van der Waals surface area contributed by atoms with Gasteiger partial charge < -0.3 is 14.7 Å². The topological polar surface area (TPSA) is 45.6 Å². The summed E-state index contributed by atoms with van der Waals surface area (Å²) in [5.41, 5.74) is 0. The molecule has 1 N–H and O–H groups in total. The van der Waals surface area contributed by atoms with Crippen molar-refractivity contribution in [2.24, 2.45) is 0 Å². The van der Waals surface area contributed by atoms with Crippen LogP contribution in [0.1, 0.15) is 6.92 Å². The predicted octanol–water partition coefficient (Wildman–Crippen LogP) is 2.06. The number of aromatic nitrogens is 1. The van der Waals surface area contributed by atoms with Crippen LogP contribution in [0.2, 0.25) is 0 Å². The van der Waals surface area contributed by atoms with Gasteiger partial charge in [-0.1, -0.05) is 0 Å². The molecule has 1 aromatic heterocycles. The molecule has 0 saturated carbocycles. The first-order chi connectivity index (χ1) is 8.67. The van der Waals surface area contributed by atoms with Gasteiger partial charge in [0, 0.05) is 18.6 Å². The summed E-state index contributed by atoms with van der Waals surface area (Å²) in [6, 6.07) is 7.89. The lowest BCUT2D eigenvalue weighted by molar-refractivity contribution is 0.270. The fourth-order valence-corrected chi connectivity index (χ4v) is 1.88. The van der Waals surface area contributed by atoms with E-state index < -0.39 is 0 Å². The number of aliphatic hydroxyl groups is 1. The average molecular weight is 246 g/mol. The normalized spacial score (nSPS) is 12.4. The van der Waals surface area contributed by atoms with E-state index in [1.165, 1.54) is 0 Å². The average Bonchev–Trinajstić information content (AvgIpc) is 2.44. The molecule has 4 nitrogen and oxygen atoms in total. The molecule has 2 rings (SSSR count). The minimum atomic E-state index is 0.0326. The minimum absolute atomic E-state index is 0.0326. The van der Waals surface area contributed by atoms with Crippen molar-refractivity contribution in [3.8, 4) is 5.75 Å². The van der Waals surface area contributed by atoms with Gasteiger partial charge >= 0.3 is 0 Å². The summed E-state index contributed by atoms with van der Waals surface area (Å²) in [7, 11) is 3.59. The van der Waals surface area contributed by atoms with Gasteiger partial charge in [0.15, 0.2) is 0 Å². The van der Waals surface area contributed by atoms with Crippen LogP contribution in [0, 0.1) is 0 Å². The number of anilines is 1. The Morgan fingerprint density at radius 1 is 1.39 bits per heavy atom. The standard InChI is InChI=1S/C14H18N2O2/c1-10(9-17)16(2)14-13-5-4-12(18-3)8-11(13)6-7-15-14/h4-8,10,17H,9H2,1-3H3. The van der Waals surface area contributed by atoms with Gasteiger partial charge in [-0.15, -0.1) is 0 Å². The molecular weight excluding hydrogens is 228 g/mol. The summed E-state index contributed by atoms with van der Waals surface area (Å²) in [6.45, 7) is 2.06. The highest BCUT2D eigenvalue weighted by Crippen LogP contribution is 2.27. The molecule has 96 valence electrons. The van der Waals surface area contributed by atoms with Gasteiger partial charge in [-0.3, -0.25) is 0 Å². The van der Waals surface area contributed by atoms with Gasteiger partial charge in [0.2, 0.25) is 0 Å². The number of methoxy groups -OCH3 is 1. The number of likely N-dealkylation sites (N-methyl/N-ethyl adjacent to an activating group) is 1. The molecule has 1 heterocycles. The van der Waals surface area contributed by atoms with Crippen LogP contribution >= 0.6 is 0 Å². The van der Waals surface area contributed by atoms with Crippen LogP contribution in [-0.2, 0) is 0 Å². The molecule has 0 amide bonds. The summed E-state index contributed by atoms with van der Waals surface area (Å²) in [5, 5.41) is 11.4. The van der Waals surface area contributed by atoms with E-state index >= 15 is 0 Å². The van der Waals surface area contributed by atoms with Gasteiger partial charge in [0.1, 0.15) is 11.6 Å². The van der Waals surface area contributed by atoms with E-state index in [2.05, 4.69) is 4.98 Å². The molecule has 0 saturated heterocycles. The first kappa shape index (κ1) is 12.6. The number of fused-ring (bicyclic) bond motifs is 1. The molecule has 1 atom stereocenters. The van der Waals surface area contributed by atoms with Crippen LogP contribution in [-0.4, -0.2) is 36.9 Å². The largest absolute Gasteiger partial charge is 0.497 e. The van der Waals surface area contributed by atoms with Crippen molar-refractivity contribution >= 4 is 16.6 Å². The molecule has 1 aromatic carbocycles. The summed E-state index contributed by atoms with van der Waals surface area (Å²) < 4.78 is 5.22. The zero-order valence-corrected chi connectivity index (χ0v) is 10.9. The minimum Gasteiger partial charge on any atom is -0.497 e. The van der Waals surface area contributed by atoms with Gasteiger partial charge in [-0.2, -0.15) is 0 Å². The van der Waals surface area contributed by atoms with Crippen molar-refractivity contribution in [1.29, 1.82) is 0 Å². The van der Waals surface area contributed by atoms with Crippen molar-refractivity contribution in [2.75, 3.05) is 25.7 Å². The van der Waals surface area contributed by atoms with Crippen LogP contribution < -0.4 is 9.64 Å². The second-order valence-electron chi connectivity index (χ2n) is 4.36. The fourth-order valence-electron chi connectivity index (χ4n) is 1.88. The summed E-state index contributed by atoms with van der Waals surface area (Å²) in [6.07, 6.45) is 1.78. The quantitative estimate of drug-likeness (QED) is 0.897. The smallest absolute Gasteiger partial charge is 0.136 e. The summed E-state index contributed by atoms with van der Waals surface area (Å²) in [4.78, 5) is 6.39. The molecule has 0 fully saturated rings. The van der Waals surface area contributed by atoms with E-state index in [1.807, 2.05) is 43.1 Å². The van der Waals surface area contributed by atoms with E-state index in [4.69, 9.17) is 4.74 Å². The Morgan fingerprint density at radius 2 is 2.17 bits per heavy atom. The number of benzene rings is 1. The number of hydrogen-bond donors (Lipinski definition) is 1. The second kappa shape index (κ2) is 5.23. The van der Waals surface area contributed by atoms with E-state index in [9.17, 15) is 5.11 Å².